The molecule has 4 aliphatic rings. The zero-order chi connectivity index (χ0) is 31.8. The van der Waals surface area contributed by atoms with Crippen molar-refractivity contribution in [1.29, 1.82) is 0 Å². The van der Waals surface area contributed by atoms with Gasteiger partial charge in [-0.3, -0.25) is 19.2 Å². The zero-order valence-corrected chi connectivity index (χ0v) is 24.2. The first-order valence-electron chi connectivity index (χ1n) is 14.1. The van der Waals surface area contributed by atoms with Gasteiger partial charge in [0.2, 0.25) is 17.4 Å². The van der Waals surface area contributed by atoms with Gasteiger partial charge in [0.1, 0.15) is 12.1 Å². The lowest BCUT2D eigenvalue weighted by molar-refractivity contribution is -0.270. The van der Waals surface area contributed by atoms with Gasteiger partial charge >= 0.3 is 18.0 Å². The van der Waals surface area contributed by atoms with Crippen LogP contribution in [-0.2, 0) is 19.2 Å². The predicted molar refractivity (Wildman–Crippen MR) is 141 cm³/mol. The van der Waals surface area contributed by atoms with Gasteiger partial charge in [-0.05, 0) is 55.6 Å². The van der Waals surface area contributed by atoms with Crippen LogP contribution in [0.25, 0.3) is 0 Å². The fraction of sp³-hybridized carbons (Fsp3) is 0.679. The molecule has 4 amide bonds. The Morgan fingerprint density at radius 1 is 1.09 bits per heavy atom. The van der Waals surface area contributed by atoms with Crippen LogP contribution in [0.4, 0.5) is 27.8 Å². The number of nitrogens with one attached hydrogen (secondary N) is 2. The molecule has 2 saturated heterocycles. The topological polar surface area (TPSA) is 121 Å². The molecule has 1 saturated carbocycles. The molecule has 15 heteroatoms. The minimum absolute atomic E-state index is 0.0523. The fourth-order valence-corrected chi connectivity index (χ4v) is 6.27. The van der Waals surface area contributed by atoms with Crippen molar-refractivity contribution in [2.45, 2.75) is 95.6 Å². The Kier molecular flexibility index (Phi) is 7.20. The number of carbonyl (C=O) groups excluding carboxylic acids is 4. The van der Waals surface area contributed by atoms with Gasteiger partial charge in [0.15, 0.2) is 11.6 Å². The van der Waals surface area contributed by atoms with Crippen LogP contribution in [-0.4, -0.2) is 87.3 Å². The summed E-state index contributed by atoms with van der Waals surface area (Å²) < 4.78 is 72.6. The van der Waals surface area contributed by atoms with Gasteiger partial charge in [-0.2, -0.15) is 22.0 Å². The first-order chi connectivity index (χ1) is 19.8. The number of nitrogens with zero attached hydrogens (tertiary/aromatic N) is 3. The van der Waals surface area contributed by atoms with Crippen LogP contribution in [0.5, 0.6) is 5.75 Å². The highest BCUT2D eigenvalue weighted by Crippen LogP contribution is 2.56. The van der Waals surface area contributed by atoms with Crippen LogP contribution in [0, 0.1) is 10.8 Å². The fourth-order valence-electron chi connectivity index (χ4n) is 6.27. The van der Waals surface area contributed by atoms with Crippen molar-refractivity contribution in [3.05, 3.63) is 18.3 Å². The monoisotopic (exact) mass is 615 g/mol. The zero-order valence-electron chi connectivity index (χ0n) is 24.2. The second-order valence-corrected chi connectivity index (χ2v) is 13.3. The maximum Gasteiger partial charge on any atom is 0.463 e. The van der Waals surface area contributed by atoms with Crippen molar-refractivity contribution < 1.29 is 45.9 Å². The molecule has 43 heavy (non-hydrogen) atoms. The maximum atomic E-state index is 14.2. The maximum absolute atomic E-state index is 14.2. The van der Waals surface area contributed by atoms with E-state index in [0.29, 0.717) is 12.2 Å². The average molecular weight is 616 g/mol. The van der Waals surface area contributed by atoms with E-state index in [1.807, 2.05) is 0 Å². The first-order valence-corrected chi connectivity index (χ1v) is 14.1. The van der Waals surface area contributed by atoms with Gasteiger partial charge in [0.05, 0.1) is 6.54 Å². The third-order valence-electron chi connectivity index (χ3n) is 9.03. The predicted octanol–water partition coefficient (Wildman–Crippen LogP) is 3.27. The van der Waals surface area contributed by atoms with Crippen LogP contribution < -0.4 is 15.4 Å². The Morgan fingerprint density at radius 2 is 1.77 bits per heavy atom. The number of fused-ring (bicyclic) bond motifs is 1. The number of piperidine rings is 1. The molecule has 1 aromatic rings. The van der Waals surface area contributed by atoms with Gasteiger partial charge in [-0.25, -0.2) is 4.98 Å². The third kappa shape index (κ3) is 5.39. The number of anilines is 1. The molecule has 1 aliphatic carbocycles. The molecular formula is C28H34F5N5O5. The summed E-state index contributed by atoms with van der Waals surface area (Å²) in [4.78, 5) is 60.1. The second kappa shape index (κ2) is 10.0. The molecule has 2 spiro atoms. The van der Waals surface area contributed by atoms with Crippen LogP contribution >= 0.6 is 0 Å². The van der Waals surface area contributed by atoms with Gasteiger partial charge in [-0.15, -0.1) is 0 Å². The number of rotatable bonds is 4. The summed E-state index contributed by atoms with van der Waals surface area (Å²) in [7, 11) is 0. The summed E-state index contributed by atoms with van der Waals surface area (Å²) in [5, 5.41) is 4.35. The lowest BCUT2D eigenvalue weighted by Crippen LogP contribution is -2.64. The summed E-state index contributed by atoms with van der Waals surface area (Å²) in [6.45, 7) is 5.92. The standard InChI is InChI=1S/C28H34F5N5O5/c1-15-12-26(22(41)36-19-17(43-26)6-5-10-34-19)14-38(15)20(39)16-13-25(7-8-25)9-11-37(16)21(40)18(24(2,3)4)35-23(42)27(29,30)28(31,32)33/h5-6,10,15-16,18H,7-9,11-14H2,1-4H3,(H,35,42)(H,34,36,41)/t15-,16+,18-,26-/m1/s1. The van der Waals surface area contributed by atoms with Crippen LogP contribution in [0.3, 0.4) is 0 Å². The number of pyridine rings is 1. The number of halogens is 5. The largest absolute Gasteiger partial charge is 0.472 e. The minimum Gasteiger partial charge on any atom is -0.472 e. The molecule has 236 valence electrons. The molecule has 4 atom stereocenters. The second-order valence-electron chi connectivity index (χ2n) is 13.3. The van der Waals surface area contributed by atoms with Gasteiger partial charge in [0, 0.05) is 25.2 Å². The molecule has 0 aromatic carbocycles. The van der Waals surface area contributed by atoms with Gasteiger partial charge < -0.3 is 25.2 Å². The van der Waals surface area contributed by atoms with Crippen molar-refractivity contribution in [3.8, 4) is 5.75 Å². The Hall–Kier alpha value is -3.52. The number of carbonyl (C=O) groups is 4. The highest BCUT2D eigenvalue weighted by Gasteiger charge is 2.64. The molecule has 2 N–H and O–H groups in total. The molecule has 10 nitrogen and oxygen atoms in total. The minimum atomic E-state index is -6.16. The lowest BCUT2D eigenvalue weighted by Gasteiger charge is -2.44. The van der Waals surface area contributed by atoms with E-state index in [0.717, 1.165) is 12.8 Å². The van der Waals surface area contributed by atoms with Crippen molar-refractivity contribution in [2.75, 3.05) is 18.4 Å². The van der Waals surface area contributed by atoms with E-state index in [2.05, 4.69) is 10.3 Å². The SMILES string of the molecule is C[C@@H]1C[C@]2(CN1C(=O)[C@@H]1CC3(CCN1C(=O)[C@@H](NC(=O)C(F)(F)C(F)(F)F)C(C)(C)C)CC3)Oc1cccnc1NC2=O. The quantitative estimate of drug-likeness (QED) is 0.502. The Balaban J connectivity index is 1.41. The summed E-state index contributed by atoms with van der Waals surface area (Å²) in [6, 6.07) is -0.0715. The van der Waals surface area contributed by atoms with Crippen LogP contribution in [0.2, 0.25) is 0 Å². The number of alkyl halides is 5. The number of likely N-dealkylation sites (tertiary alicyclic amines) is 2. The smallest absolute Gasteiger partial charge is 0.463 e. The lowest BCUT2D eigenvalue weighted by atomic mass is 9.82. The molecule has 4 heterocycles. The van der Waals surface area contributed by atoms with Crippen LogP contribution in [0.15, 0.2) is 18.3 Å². The Morgan fingerprint density at radius 3 is 2.37 bits per heavy atom. The van der Waals surface area contributed by atoms with E-state index in [1.54, 1.807) is 24.4 Å². The average Bonchev–Trinajstić information content (AvgIpc) is 3.57. The number of amides is 4. The molecule has 5 rings (SSSR count). The summed E-state index contributed by atoms with van der Waals surface area (Å²) in [5.41, 5.74) is -2.88. The summed E-state index contributed by atoms with van der Waals surface area (Å²) >= 11 is 0. The molecule has 0 unspecified atom stereocenters. The molecule has 0 bridgehead atoms. The molecule has 3 aliphatic heterocycles. The number of ether oxygens (including phenoxy) is 1. The number of aromatic nitrogens is 1. The molecule has 3 fully saturated rings. The van der Waals surface area contributed by atoms with E-state index in [9.17, 15) is 41.1 Å². The van der Waals surface area contributed by atoms with Gasteiger partial charge in [-0.1, -0.05) is 20.8 Å². The number of hydrogen-bond acceptors (Lipinski definition) is 6. The highest BCUT2D eigenvalue weighted by molar-refractivity contribution is 6.01. The van der Waals surface area contributed by atoms with Gasteiger partial charge in [0.25, 0.3) is 5.91 Å². The van der Waals surface area contributed by atoms with E-state index in [4.69, 9.17) is 4.74 Å². The highest BCUT2D eigenvalue weighted by atomic mass is 19.4. The van der Waals surface area contributed by atoms with Crippen molar-refractivity contribution in [3.63, 3.8) is 0 Å². The first kappa shape index (κ1) is 30.9. The molecular weight excluding hydrogens is 581 g/mol. The molecule has 0 radical (unpaired) electrons. The summed E-state index contributed by atoms with van der Waals surface area (Å²) in [5.74, 6) is -9.66. The molecule has 1 aromatic heterocycles. The van der Waals surface area contributed by atoms with Crippen molar-refractivity contribution in [1.82, 2.24) is 20.1 Å². The van der Waals surface area contributed by atoms with Crippen molar-refractivity contribution in [2.24, 2.45) is 10.8 Å². The van der Waals surface area contributed by atoms with E-state index < -0.39 is 64.9 Å². The van der Waals surface area contributed by atoms with Crippen molar-refractivity contribution >= 4 is 29.4 Å². The van der Waals surface area contributed by atoms with E-state index >= 15 is 0 Å². The van der Waals surface area contributed by atoms with E-state index in [-0.39, 0.29) is 37.2 Å². The summed E-state index contributed by atoms with van der Waals surface area (Å²) in [6.07, 6.45) is -2.09. The Bertz CT molecular complexity index is 1340. The normalized spacial score (nSPS) is 27.3. The number of hydrogen-bond donors (Lipinski definition) is 2. The third-order valence-corrected chi connectivity index (χ3v) is 9.03. The van der Waals surface area contributed by atoms with E-state index in [1.165, 1.54) is 36.8 Å². The van der Waals surface area contributed by atoms with Crippen LogP contribution in [0.1, 0.15) is 59.8 Å². The Labute approximate surface area is 244 Å².